The molecule has 0 aliphatic rings. The molecule has 0 aliphatic carbocycles. The fourth-order valence-electron chi connectivity index (χ4n) is 1.63. The lowest BCUT2D eigenvalue weighted by Crippen LogP contribution is -2.12. The lowest BCUT2D eigenvalue weighted by atomic mass is 10.1. The second-order valence-corrected chi connectivity index (χ2v) is 5.04. The largest absolute Gasteiger partial charge is 0.490 e. The van der Waals surface area contributed by atoms with Crippen LogP contribution in [0.15, 0.2) is 12.1 Å². The Kier molecular flexibility index (Phi) is 6.67. The molecule has 0 aromatic heterocycles. The molecule has 1 rings (SSSR count). The number of halogens is 3. The first kappa shape index (κ1) is 19.1. The van der Waals surface area contributed by atoms with Crippen LogP contribution in [0.25, 0.3) is 0 Å². The van der Waals surface area contributed by atoms with Crippen LogP contribution in [0.3, 0.4) is 0 Å². The van der Waals surface area contributed by atoms with E-state index in [9.17, 15) is 26.4 Å². The average Bonchev–Trinajstić information content (AvgIpc) is 2.42. The summed E-state index contributed by atoms with van der Waals surface area (Å²) in [6, 6.07) is 1.79. The molecular formula is C13H15F3O6S. The van der Waals surface area contributed by atoms with Gasteiger partial charge in [-0.1, -0.05) is 6.92 Å². The predicted molar refractivity (Wildman–Crippen MR) is 73.6 cm³/mol. The van der Waals surface area contributed by atoms with E-state index in [1.165, 1.54) is 0 Å². The number of carbonyl (C=O) groups is 1. The first-order valence-corrected chi connectivity index (χ1v) is 7.57. The second-order valence-electron chi connectivity index (χ2n) is 4.41. The van der Waals surface area contributed by atoms with Crippen LogP contribution in [-0.4, -0.2) is 21.0 Å². The maximum atomic E-state index is 13.1. The summed E-state index contributed by atoms with van der Waals surface area (Å²) in [5, 5.41) is 0. The Morgan fingerprint density at radius 1 is 1.26 bits per heavy atom. The van der Waals surface area contributed by atoms with Crippen molar-refractivity contribution < 1.29 is 40.0 Å². The van der Waals surface area contributed by atoms with Gasteiger partial charge < -0.3 is 13.7 Å². The average molecular weight is 356 g/mol. The minimum atomic E-state index is -4.88. The van der Waals surface area contributed by atoms with Crippen molar-refractivity contribution in [2.75, 3.05) is 6.61 Å². The lowest BCUT2D eigenvalue weighted by Gasteiger charge is -2.17. The first-order valence-electron chi connectivity index (χ1n) is 6.47. The van der Waals surface area contributed by atoms with Crippen LogP contribution in [0.2, 0.25) is 0 Å². The summed E-state index contributed by atoms with van der Waals surface area (Å²) in [6.45, 7) is 2.48. The van der Waals surface area contributed by atoms with Crippen molar-refractivity contribution in [3.05, 3.63) is 23.3 Å². The SMILES string of the molecule is CCCOc1cc(COC(C)=O)cc(C(F)(F)F)c1O[SH](=O)=O. The smallest absolute Gasteiger partial charge is 0.420 e. The molecule has 10 heteroatoms. The van der Waals surface area contributed by atoms with Crippen LogP contribution in [0.5, 0.6) is 11.5 Å². The molecule has 0 atom stereocenters. The Morgan fingerprint density at radius 3 is 2.39 bits per heavy atom. The van der Waals surface area contributed by atoms with Crippen molar-refractivity contribution in [3.8, 4) is 11.5 Å². The highest BCUT2D eigenvalue weighted by molar-refractivity contribution is 7.67. The number of benzene rings is 1. The van der Waals surface area contributed by atoms with Gasteiger partial charge in [0.25, 0.3) is 11.0 Å². The van der Waals surface area contributed by atoms with Gasteiger partial charge in [-0.2, -0.15) is 21.6 Å². The molecule has 0 heterocycles. The van der Waals surface area contributed by atoms with E-state index in [0.717, 1.165) is 13.0 Å². The Balaban J connectivity index is 3.40. The third kappa shape index (κ3) is 5.97. The van der Waals surface area contributed by atoms with Gasteiger partial charge in [0.2, 0.25) is 0 Å². The fourth-order valence-corrected chi connectivity index (χ4v) is 1.96. The molecular weight excluding hydrogens is 341 g/mol. The van der Waals surface area contributed by atoms with E-state index in [1.807, 2.05) is 0 Å². The number of thiol groups is 1. The molecule has 0 spiro atoms. The minimum Gasteiger partial charge on any atom is -0.490 e. The summed E-state index contributed by atoms with van der Waals surface area (Å²) in [4.78, 5) is 10.8. The van der Waals surface area contributed by atoms with Gasteiger partial charge in [-0.15, -0.1) is 0 Å². The fraction of sp³-hybridized carbons (Fsp3) is 0.462. The monoisotopic (exact) mass is 356 g/mol. The third-order valence-corrected chi connectivity index (χ3v) is 2.82. The zero-order valence-electron chi connectivity index (χ0n) is 12.3. The second kappa shape index (κ2) is 8.04. The van der Waals surface area contributed by atoms with Crippen LogP contribution in [0.4, 0.5) is 13.2 Å². The van der Waals surface area contributed by atoms with Gasteiger partial charge in [0.15, 0.2) is 11.5 Å². The number of hydrogen-bond donors (Lipinski definition) is 1. The third-order valence-electron chi connectivity index (χ3n) is 2.49. The van der Waals surface area contributed by atoms with E-state index < -0.39 is 41.1 Å². The summed E-state index contributed by atoms with van der Waals surface area (Å²) < 4.78 is 74.9. The van der Waals surface area contributed by atoms with Gasteiger partial charge >= 0.3 is 12.1 Å². The first-order chi connectivity index (χ1) is 10.6. The molecule has 0 aliphatic heterocycles. The van der Waals surface area contributed by atoms with Crippen molar-refractivity contribution in [3.63, 3.8) is 0 Å². The molecule has 0 fully saturated rings. The summed E-state index contributed by atoms with van der Waals surface area (Å²) in [7, 11) is -3.56. The molecule has 0 saturated heterocycles. The molecule has 23 heavy (non-hydrogen) atoms. The highest BCUT2D eigenvalue weighted by Gasteiger charge is 2.37. The number of esters is 1. The Morgan fingerprint density at radius 2 is 1.91 bits per heavy atom. The normalized spacial score (nSPS) is 11.4. The molecule has 0 N–H and O–H groups in total. The van der Waals surface area contributed by atoms with Gasteiger partial charge in [-0.25, -0.2) is 0 Å². The molecule has 6 nitrogen and oxygen atoms in total. The number of carbonyl (C=O) groups excluding carboxylic acids is 1. The highest BCUT2D eigenvalue weighted by Crippen LogP contribution is 2.43. The Labute approximate surface area is 132 Å². The van der Waals surface area contributed by atoms with Crippen LogP contribution in [0.1, 0.15) is 31.4 Å². The molecule has 0 unspecified atom stereocenters. The van der Waals surface area contributed by atoms with Crippen molar-refractivity contribution in [1.29, 1.82) is 0 Å². The van der Waals surface area contributed by atoms with Gasteiger partial charge in [0.05, 0.1) is 6.61 Å². The van der Waals surface area contributed by atoms with Crippen molar-refractivity contribution in [2.45, 2.75) is 33.1 Å². The number of hydrogen-bond acceptors (Lipinski definition) is 6. The van der Waals surface area contributed by atoms with Gasteiger partial charge in [0, 0.05) is 6.92 Å². The number of ether oxygens (including phenoxy) is 2. The minimum absolute atomic E-state index is 0.00731. The predicted octanol–water partition coefficient (Wildman–Crippen LogP) is 2.46. The van der Waals surface area contributed by atoms with E-state index in [2.05, 4.69) is 8.92 Å². The van der Waals surface area contributed by atoms with Crippen molar-refractivity contribution >= 4 is 17.0 Å². The molecule has 0 bridgehead atoms. The van der Waals surface area contributed by atoms with Crippen molar-refractivity contribution in [2.24, 2.45) is 0 Å². The molecule has 130 valence electrons. The van der Waals surface area contributed by atoms with Gasteiger partial charge in [0.1, 0.15) is 12.2 Å². The van der Waals surface area contributed by atoms with Crippen LogP contribution in [-0.2, 0) is 33.3 Å². The topological polar surface area (TPSA) is 78.9 Å². The maximum absolute atomic E-state index is 13.1. The molecule has 1 aromatic carbocycles. The van der Waals surface area contributed by atoms with Gasteiger partial charge in [-0.3, -0.25) is 4.79 Å². The lowest BCUT2D eigenvalue weighted by molar-refractivity contribution is -0.142. The summed E-state index contributed by atoms with van der Waals surface area (Å²) >= 11 is 0. The Hall–Kier alpha value is -1.97. The highest BCUT2D eigenvalue weighted by atomic mass is 32.2. The van der Waals surface area contributed by atoms with E-state index >= 15 is 0 Å². The zero-order valence-corrected chi connectivity index (χ0v) is 13.2. The van der Waals surface area contributed by atoms with Crippen molar-refractivity contribution in [1.82, 2.24) is 0 Å². The van der Waals surface area contributed by atoms with E-state index in [4.69, 9.17) is 4.74 Å². The molecule has 1 aromatic rings. The summed E-state index contributed by atoms with van der Waals surface area (Å²) in [5.41, 5.74) is -1.33. The van der Waals surface area contributed by atoms with Gasteiger partial charge in [-0.05, 0) is 24.1 Å². The summed E-state index contributed by atoms with van der Waals surface area (Å²) in [6.07, 6.45) is -4.39. The quantitative estimate of drug-likeness (QED) is 0.597. The molecule has 0 radical (unpaired) electrons. The van der Waals surface area contributed by atoms with E-state index in [1.54, 1.807) is 6.92 Å². The molecule has 0 saturated carbocycles. The van der Waals surface area contributed by atoms with Crippen LogP contribution >= 0.6 is 0 Å². The summed E-state index contributed by atoms with van der Waals surface area (Å²) in [5.74, 6) is -1.99. The van der Waals surface area contributed by atoms with Crippen LogP contribution in [0, 0.1) is 0 Å². The zero-order chi connectivity index (χ0) is 17.6. The van der Waals surface area contributed by atoms with E-state index in [-0.39, 0.29) is 17.9 Å². The maximum Gasteiger partial charge on any atom is 0.420 e. The van der Waals surface area contributed by atoms with E-state index in [0.29, 0.717) is 12.5 Å². The van der Waals surface area contributed by atoms with Crippen LogP contribution < -0.4 is 8.92 Å². The Bertz CT molecular complexity index is 631. The number of rotatable bonds is 7. The molecule has 0 amide bonds. The standard InChI is InChI=1S/C13H15F3O6S/c1-3-4-20-11-6-9(7-21-8(2)17)5-10(13(14,15)16)12(11)22-23(18)19/h5-6,23H,3-4,7H2,1-2H3. The number of alkyl halides is 3.